The predicted octanol–water partition coefficient (Wildman–Crippen LogP) is 4.38. The molecule has 0 fully saturated rings. The summed E-state index contributed by atoms with van der Waals surface area (Å²) in [6.45, 7) is 4.16. The fraction of sp³-hybridized carbons (Fsp3) is 0.381. The van der Waals surface area contributed by atoms with E-state index in [4.69, 9.17) is 14.2 Å². The van der Waals surface area contributed by atoms with Crippen LogP contribution in [0.1, 0.15) is 40.2 Å². The minimum absolute atomic E-state index is 0.165. The summed E-state index contributed by atoms with van der Waals surface area (Å²) in [6, 6.07) is 4.03. The second-order valence-corrected chi connectivity index (χ2v) is 7.56. The normalized spacial score (nSPS) is 11.1. The minimum Gasteiger partial charge on any atom is -0.482 e. The van der Waals surface area contributed by atoms with Gasteiger partial charge in [0.2, 0.25) is 0 Å². The van der Waals surface area contributed by atoms with Crippen molar-refractivity contribution >= 4 is 34.2 Å². The number of carbonyl (C=O) groups is 3. The quantitative estimate of drug-likeness (QED) is 0.544. The molecule has 0 unspecified atom stereocenters. The first-order chi connectivity index (χ1) is 15.1. The lowest BCUT2D eigenvalue weighted by Gasteiger charge is -2.10. The molecule has 174 valence electrons. The number of nitrogens with one attached hydrogen (secondary N) is 1. The summed E-state index contributed by atoms with van der Waals surface area (Å²) in [5, 5.41) is 2.83. The summed E-state index contributed by atoms with van der Waals surface area (Å²) in [6.07, 6.45) is -3.89. The van der Waals surface area contributed by atoms with Crippen LogP contribution in [0.2, 0.25) is 0 Å². The first-order valence-corrected chi connectivity index (χ1v) is 10.4. The van der Waals surface area contributed by atoms with Crippen LogP contribution in [0.5, 0.6) is 5.75 Å². The van der Waals surface area contributed by atoms with Crippen molar-refractivity contribution < 1.29 is 41.8 Å². The van der Waals surface area contributed by atoms with Gasteiger partial charge in [-0.3, -0.25) is 4.79 Å². The van der Waals surface area contributed by atoms with E-state index in [0.29, 0.717) is 17.0 Å². The molecule has 1 N–H and O–H groups in total. The number of hydrogen-bond donors (Lipinski definition) is 1. The highest BCUT2D eigenvalue weighted by Crippen LogP contribution is 2.34. The van der Waals surface area contributed by atoms with Crippen LogP contribution >= 0.6 is 11.3 Å². The van der Waals surface area contributed by atoms with Gasteiger partial charge < -0.3 is 19.5 Å². The largest absolute Gasteiger partial charge is 0.482 e. The minimum atomic E-state index is -4.54. The van der Waals surface area contributed by atoms with E-state index in [0.717, 1.165) is 23.1 Å². The molecule has 1 amide bonds. The van der Waals surface area contributed by atoms with Crippen LogP contribution in [0.4, 0.5) is 18.2 Å². The third-order valence-electron chi connectivity index (χ3n) is 4.18. The first kappa shape index (κ1) is 25.2. The van der Waals surface area contributed by atoms with Gasteiger partial charge in [-0.2, -0.15) is 13.2 Å². The maximum Gasteiger partial charge on any atom is 0.416 e. The highest BCUT2D eigenvalue weighted by Gasteiger charge is 2.30. The van der Waals surface area contributed by atoms with Crippen molar-refractivity contribution in [1.29, 1.82) is 0 Å². The Kier molecular flexibility index (Phi) is 8.64. The maximum absolute atomic E-state index is 12.7. The van der Waals surface area contributed by atoms with E-state index in [9.17, 15) is 27.6 Å². The Labute approximate surface area is 186 Å². The van der Waals surface area contributed by atoms with Gasteiger partial charge in [0.05, 0.1) is 17.7 Å². The van der Waals surface area contributed by atoms with Crippen LogP contribution < -0.4 is 10.1 Å². The molecule has 0 bridgehead atoms. The molecule has 0 aliphatic heterocycles. The van der Waals surface area contributed by atoms with Crippen molar-refractivity contribution in [3.8, 4) is 5.75 Å². The van der Waals surface area contributed by atoms with Crippen LogP contribution in [-0.4, -0.2) is 37.7 Å². The van der Waals surface area contributed by atoms with Gasteiger partial charge in [-0.25, -0.2) is 9.59 Å². The van der Waals surface area contributed by atoms with Crippen molar-refractivity contribution in [3.63, 3.8) is 0 Å². The van der Waals surface area contributed by atoms with E-state index in [-0.39, 0.29) is 17.9 Å². The Morgan fingerprint density at radius 1 is 1.09 bits per heavy atom. The van der Waals surface area contributed by atoms with E-state index in [1.54, 1.807) is 13.8 Å². The van der Waals surface area contributed by atoms with Crippen molar-refractivity contribution in [2.24, 2.45) is 0 Å². The number of anilines is 1. The zero-order chi connectivity index (χ0) is 23.9. The van der Waals surface area contributed by atoms with Gasteiger partial charge in [0.1, 0.15) is 10.8 Å². The van der Waals surface area contributed by atoms with Gasteiger partial charge in [0, 0.05) is 4.88 Å². The molecule has 2 aromatic rings. The number of aryl methyl sites for hydroxylation is 1. The van der Waals surface area contributed by atoms with E-state index >= 15 is 0 Å². The average molecular weight is 473 g/mol. The van der Waals surface area contributed by atoms with E-state index in [1.165, 1.54) is 17.4 Å². The van der Waals surface area contributed by atoms with Gasteiger partial charge in [0.25, 0.3) is 5.91 Å². The van der Waals surface area contributed by atoms with E-state index < -0.39 is 42.8 Å². The fourth-order valence-corrected chi connectivity index (χ4v) is 3.84. The topological polar surface area (TPSA) is 90.9 Å². The molecule has 0 saturated carbocycles. The number of alkyl halides is 3. The molecule has 2 rings (SSSR count). The second-order valence-electron chi connectivity index (χ2n) is 6.45. The smallest absolute Gasteiger partial charge is 0.416 e. The Hall–Kier alpha value is -3.08. The molecule has 0 saturated heterocycles. The maximum atomic E-state index is 12.7. The van der Waals surface area contributed by atoms with Crippen LogP contribution in [0, 0.1) is 6.92 Å². The molecule has 0 atom stereocenters. The third-order valence-corrected chi connectivity index (χ3v) is 5.53. The number of rotatable bonds is 9. The Bertz CT molecular complexity index is 986. The van der Waals surface area contributed by atoms with E-state index in [2.05, 4.69) is 5.32 Å². The molecular formula is C21H22F3NO6S. The van der Waals surface area contributed by atoms with Crippen LogP contribution in [0.15, 0.2) is 24.3 Å². The SMILES string of the molecule is CCOC(=O)c1c(NC(=O)COC(=O)COc2cccc(C(F)(F)F)c2)sc(CC)c1C. The summed E-state index contributed by atoms with van der Waals surface area (Å²) in [5.41, 5.74) is 0.0387. The van der Waals surface area contributed by atoms with E-state index in [1.807, 2.05) is 6.92 Å². The highest BCUT2D eigenvalue weighted by molar-refractivity contribution is 7.17. The molecule has 1 aromatic carbocycles. The van der Waals surface area contributed by atoms with Gasteiger partial charge >= 0.3 is 18.1 Å². The lowest BCUT2D eigenvalue weighted by molar-refractivity contribution is -0.149. The average Bonchev–Trinajstić information content (AvgIpc) is 3.05. The Morgan fingerprint density at radius 2 is 1.81 bits per heavy atom. The second kappa shape index (κ2) is 11.0. The Balaban J connectivity index is 1.92. The van der Waals surface area contributed by atoms with Gasteiger partial charge in [-0.1, -0.05) is 13.0 Å². The van der Waals surface area contributed by atoms with Crippen molar-refractivity contribution in [2.45, 2.75) is 33.4 Å². The number of esters is 2. The number of hydrogen-bond acceptors (Lipinski definition) is 7. The van der Waals surface area contributed by atoms with Crippen LogP contribution in [0.25, 0.3) is 0 Å². The number of carbonyl (C=O) groups excluding carboxylic acids is 3. The highest BCUT2D eigenvalue weighted by atomic mass is 32.1. The number of thiophene rings is 1. The molecular weight excluding hydrogens is 451 g/mol. The number of amides is 1. The molecule has 0 aliphatic rings. The summed E-state index contributed by atoms with van der Waals surface area (Å²) in [5.74, 6) is -2.36. The van der Waals surface area contributed by atoms with Gasteiger partial charge in [0.15, 0.2) is 13.2 Å². The first-order valence-electron chi connectivity index (χ1n) is 9.61. The number of halogens is 3. The summed E-state index contributed by atoms with van der Waals surface area (Å²) >= 11 is 1.22. The standard InChI is InChI=1S/C21H22F3NO6S/c1-4-15-12(3)18(20(28)29-5-2)19(32-15)25-16(26)10-31-17(27)11-30-14-8-6-7-13(9-14)21(22,23)24/h6-9H,4-5,10-11H2,1-3H3,(H,25,26). The molecule has 0 aliphatic carbocycles. The summed E-state index contributed by atoms with van der Waals surface area (Å²) < 4.78 is 52.9. The molecule has 11 heteroatoms. The third kappa shape index (κ3) is 6.71. The van der Waals surface area contributed by atoms with Gasteiger partial charge in [-0.15, -0.1) is 11.3 Å². The predicted molar refractivity (Wildman–Crippen MR) is 111 cm³/mol. The molecule has 0 spiro atoms. The molecule has 1 heterocycles. The fourth-order valence-electron chi connectivity index (χ4n) is 2.69. The zero-order valence-corrected chi connectivity index (χ0v) is 18.4. The Morgan fingerprint density at radius 3 is 2.44 bits per heavy atom. The number of benzene rings is 1. The van der Waals surface area contributed by atoms with Crippen LogP contribution in [0.3, 0.4) is 0 Å². The monoisotopic (exact) mass is 473 g/mol. The molecule has 7 nitrogen and oxygen atoms in total. The van der Waals surface area contributed by atoms with Crippen LogP contribution in [-0.2, 0) is 31.7 Å². The molecule has 1 aromatic heterocycles. The zero-order valence-electron chi connectivity index (χ0n) is 17.6. The van der Waals surface area contributed by atoms with Crippen molar-refractivity contribution in [3.05, 3.63) is 45.8 Å². The van der Waals surface area contributed by atoms with Gasteiger partial charge in [-0.05, 0) is 44.0 Å². The molecule has 0 radical (unpaired) electrons. The van der Waals surface area contributed by atoms with Crippen molar-refractivity contribution in [1.82, 2.24) is 0 Å². The number of ether oxygens (including phenoxy) is 3. The lowest BCUT2D eigenvalue weighted by atomic mass is 10.1. The molecule has 32 heavy (non-hydrogen) atoms. The summed E-state index contributed by atoms with van der Waals surface area (Å²) in [7, 11) is 0. The van der Waals surface area contributed by atoms with Crippen molar-refractivity contribution in [2.75, 3.05) is 25.1 Å². The lowest BCUT2D eigenvalue weighted by Crippen LogP contribution is -2.24. The summed E-state index contributed by atoms with van der Waals surface area (Å²) in [4.78, 5) is 37.1.